The van der Waals surface area contributed by atoms with Crippen molar-refractivity contribution in [3.8, 4) is 11.5 Å². The summed E-state index contributed by atoms with van der Waals surface area (Å²) in [7, 11) is -3.93. The van der Waals surface area contributed by atoms with Crippen molar-refractivity contribution >= 4 is 27.7 Å². The molecule has 0 aromatic heterocycles. The van der Waals surface area contributed by atoms with Gasteiger partial charge < -0.3 is 14.4 Å². The van der Waals surface area contributed by atoms with E-state index in [1.807, 2.05) is 30.3 Å². The highest BCUT2D eigenvalue weighted by atomic mass is 32.2. The summed E-state index contributed by atoms with van der Waals surface area (Å²) in [6, 6.07) is 17.9. The fourth-order valence-electron chi connectivity index (χ4n) is 4.58. The number of nitrogens with one attached hydrogen (secondary N) is 1. The van der Waals surface area contributed by atoms with Crippen LogP contribution < -0.4 is 14.5 Å². The highest BCUT2D eigenvalue weighted by Crippen LogP contribution is 2.32. The van der Waals surface area contributed by atoms with E-state index < -0.39 is 39.8 Å². The summed E-state index contributed by atoms with van der Waals surface area (Å²) in [6.45, 7) is 0.567. The Bertz CT molecular complexity index is 1520. The maximum absolute atomic E-state index is 12.8. The predicted octanol–water partition coefficient (Wildman–Crippen LogP) is 4.09. The minimum absolute atomic E-state index is 0.104. The van der Waals surface area contributed by atoms with Gasteiger partial charge in [-0.3, -0.25) is 19.2 Å². The molecular formula is C29H31F3N4O7S. The molecule has 44 heavy (non-hydrogen) atoms. The number of alkyl halides is 3. The molecule has 0 aliphatic carbocycles. The van der Waals surface area contributed by atoms with Gasteiger partial charge in [0.05, 0.1) is 24.1 Å². The summed E-state index contributed by atoms with van der Waals surface area (Å²) in [5.41, 5.74) is 1.79. The summed E-state index contributed by atoms with van der Waals surface area (Å²) in [5, 5.41) is 9.42. The second kappa shape index (κ2) is 14.0. The van der Waals surface area contributed by atoms with Crippen LogP contribution in [0.1, 0.15) is 11.1 Å². The Morgan fingerprint density at radius 2 is 1.50 bits per heavy atom. The number of ether oxygens (including phenoxy) is 2. The van der Waals surface area contributed by atoms with Gasteiger partial charge in [0.25, 0.3) is 5.91 Å². The van der Waals surface area contributed by atoms with Gasteiger partial charge in [-0.1, -0.05) is 30.3 Å². The number of piperazine rings is 1. The summed E-state index contributed by atoms with van der Waals surface area (Å²) in [5.74, 6) is -0.448. The molecule has 1 aliphatic heterocycles. The van der Waals surface area contributed by atoms with Crippen molar-refractivity contribution in [2.75, 3.05) is 43.3 Å². The second-order valence-corrected chi connectivity index (χ2v) is 11.9. The van der Waals surface area contributed by atoms with Crippen molar-refractivity contribution in [3.05, 3.63) is 90.0 Å². The fourth-order valence-corrected chi connectivity index (χ4v) is 5.50. The van der Waals surface area contributed by atoms with Crippen LogP contribution >= 0.6 is 0 Å². The average Bonchev–Trinajstić information content (AvgIpc) is 3.00. The van der Waals surface area contributed by atoms with Gasteiger partial charge in [-0.25, -0.2) is 18.7 Å². The van der Waals surface area contributed by atoms with E-state index in [9.17, 15) is 36.4 Å². The van der Waals surface area contributed by atoms with Crippen LogP contribution in [-0.4, -0.2) is 80.4 Å². The lowest BCUT2D eigenvalue weighted by Gasteiger charge is -2.39. The van der Waals surface area contributed by atoms with E-state index in [1.54, 1.807) is 10.4 Å². The Morgan fingerprint density at radius 1 is 0.932 bits per heavy atom. The van der Waals surface area contributed by atoms with Crippen LogP contribution in [0.2, 0.25) is 0 Å². The Labute approximate surface area is 252 Å². The van der Waals surface area contributed by atoms with Crippen LogP contribution in [0.3, 0.4) is 0 Å². The number of halogens is 3. The van der Waals surface area contributed by atoms with Gasteiger partial charge in [0, 0.05) is 26.2 Å². The number of hydrogen-bond acceptors (Lipinski definition) is 8. The van der Waals surface area contributed by atoms with Crippen LogP contribution in [0.25, 0.3) is 0 Å². The summed E-state index contributed by atoms with van der Waals surface area (Å²) < 4.78 is 76.0. The summed E-state index contributed by atoms with van der Waals surface area (Å²) in [6.07, 6.45) is -4.04. The molecule has 0 radical (unpaired) electrons. The van der Waals surface area contributed by atoms with Gasteiger partial charge in [-0.05, 0) is 54.1 Å². The highest BCUT2D eigenvalue weighted by molar-refractivity contribution is 7.92. The summed E-state index contributed by atoms with van der Waals surface area (Å²) >= 11 is 0. The molecule has 1 heterocycles. The number of amides is 2. The van der Waals surface area contributed by atoms with Crippen molar-refractivity contribution < 1.29 is 45.9 Å². The zero-order chi connectivity index (χ0) is 31.9. The van der Waals surface area contributed by atoms with Gasteiger partial charge in [0.15, 0.2) is 0 Å². The van der Waals surface area contributed by atoms with Crippen molar-refractivity contribution in [1.29, 1.82) is 0 Å². The zero-order valence-electron chi connectivity index (χ0n) is 23.6. The number of hydrogen-bond donors (Lipinski definition) is 2. The first-order valence-corrected chi connectivity index (χ1v) is 15.3. The molecule has 1 aliphatic rings. The van der Waals surface area contributed by atoms with E-state index in [0.717, 1.165) is 28.3 Å². The van der Waals surface area contributed by atoms with Gasteiger partial charge in [-0.15, -0.1) is 0 Å². The Balaban J connectivity index is 1.41. The molecule has 236 valence electrons. The number of anilines is 1. The maximum atomic E-state index is 12.8. The first-order chi connectivity index (χ1) is 20.8. The molecule has 0 saturated carbocycles. The number of nitrogens with zero attached hydrogens (tertiary/aromatic N) is 3. The normalized spacial score (nSPS) is 14.9. The molecular weight excluding hydrogens is 605 g/mol. The Hall–Kier alpha value is -4.34. The molecule has 1 atom stereocenters. The molecule has 1 fully saturated rings. The summed E-state index contributed by atoms with van der Waals surface area (Å²) in [4.78, 5) is 28.4. The Kier molecular flexibility index (Phi) is 10.3. The van der Waals surface area contributed by atoms with Gasteiger partial charge >= 0.3 is 12.3 Å². The molecule has 11 nitrogen and oxygen atoms in total. The molecule has 2 N–H and O–H groups in total. The third-order valence-electron chi connectivity index (χ3n) is 6.91. The largest absolute Gasteiger partial charge is 0.457 e. The smallest absolute Gasteiger partial charge is 0.416 e. The fraction of sp³-hybridized carbons (Fsp3) is 0.310. The van der Waals surface area contributed by atoms with Crippen molar-refractivity contribution in [1.82, 2.24) is 15.3 Å². The number of sulfonamides is 1. The Morgan fingerprint density at radius 3 is 2.02 bits per heavy atom. The van der Waals surface area contributed by atoms with Crippen LogP contribution in [-0.2, 0) is 32.3 Å². The SMILES string of the molecule is CS(=O)(=O)N(CC(C(=O)NO)N1CCN(C(=O)OCc2ccccc2)CC1)c1ccc(Oc2ccc(C(F)(F)F)cc2)cc1. The van der Waals surface area contributed by atoms with Gasteiger partial charge in [0.1, 0.15) is 24.1 Å². The standard InChI is InChI=1S/C29H31F3N4O7S/c1-44(40,41)36(23-9-13-25(14-10-23)43-24-11-7-22(8-12-24)29(30,31)32)19-26(27(37)33-39)34-15-17-35(18-16-34)28(38)42-20-21-5-3-2-4-6-21/h2-14,26,39H,15-20H2,1H3,(H,33,37). The minimum atomic E-state index is -4.48. The molecule has 2 amide bonds. The molecule has 0 spiro atoms. The average molecular weight is 637 g/mol. The lowest BCUT2D eigenvalue weighted by atomic mass is 10.2. The predicted molar refractivity (Wildman–Crippen MR) is 154 cm³/mol. The number of hydroxylamine groups is 1. The second-order valence-electron chi connectivity index (χ2n) is 9.97. The van der Waals surface area contributed by atoms with E-state index >= 15 is 0 Å². The van der Waals surface area contributed by atoms with Crippen LogP contribution in [0.5, 0.6) is 11.5 Å². The van der Waals surface area contributed by atoms with Crippen molar-refractivity contribution in [2.45, 2.75) is 18.8 Å². The number of carbonyl (C=O) groups is 2. The molecule has 1 unspecified atom stereocenters. The monoisotopic (exact) mass is 636 g/mol. The molecule has 3 aromatic rings. The van der Waals surface area contributed by atoms with E-state index in [2.05, 4.69) is 0 Å². The lowest BCUT2D eigenvalue weighted by molar-refractivity contribution is -0.137. The van der Waals surface area contributed by atoms with E-state index in [-0.39, 0.29) is 56.5 Å². The lowest BCUT2D eigenvalue weighted by Crippen LogP contribution is -2.59. The molecule has 1 saturated heterocycles. The van der Waals surface area contributed by atoms with Crippen LogP contribution in [0, 0.1) is 0 Å². The third kappa shape index (κ3) is 8.61. The third-order valence-corrected chi connectivity index (χ3v) is 8.07. The number of rotatable bonds is 10. The molecule has 0 bridgehead atoms. The number of benzene rings is 3. The van der Waals surface area contributed by atoms with Gasteiger partial charge in [-0.2, -0.15) is 13.2 Å². The van der Waals surface area contributed by atoms with Crippen LogP contribution in [0.15, 0.2) is 78.9 Å². The quantitative estimate of drug-likeness (QED) is 0.252. The van der Waals surface area contributed by atoms with E-state index in [4.69, 9.17) is 9.47 Å². The molecule has 3 aromatic carbocycles. The minimum Gasteiger partial charge on any atom is -0.457 e. The maximum Gasteiger partial charge on any atom is 0.416 e. The van der Waals surface area contributed by atoms with E-state index in [0.29, 0.717) is 0 Å². The van der Waals surface area contributed by atoms with Crippen molar-refractivity contribution in [2.24, 2.45) is 0 Å². The molecule has 15 heteroatoms. The van der Waals surface area contributed by atoms with Gasteiger partial charge in [0.2, 0.25) is 10.0 Å². The first-order valence-electron chi connectivity index (χ1n) is 13.4. The van der Waals surface area contributed by atoms with E-state index in [1.165, 1.54) is 41.3 Å². The molecule has 4 rings (SSSR count). The highest BCUT2D eigenvalue weighted by Gasteiger charge is 2.34. The number of carbonyl (C=O) groups excluding carboxylic acids is 2. The van der Waals surface area contributed by atoms with Crippen LogP contribution in [0.4, 0.5) is 23.7 Å². The van der Waals surface area contributed by atoms with Crippen molar-refractivity contribution in [3.63, 3.8) is 0 Å². The topological polar surface area (TPSA) is 129 Å². The zero-order valence-corrected chi connectivity index (χ0v) is 24.4. The first kappa shape index (κ1) is 32.6.